The second-order valence-electron chi connectivity index (χ2n) is 6.73. The second kappa shape index (κ2) is 5.50. The van der Waals surface area contributed by atoms with Crippen molar-refractivity contribution in [3.05, 3.63) is 0 Å². The van der Waals surface area contributed by atoms with Crippen molar-refractivity contribution >= 4 is 27.2 Å². The van der Waals surface area contributed by atoms with Crippen LogP contribution in [0.3, 0.4) is 0 Å². The minimum absolute atomic E-state index is 0.0316. The molecule has 1 N–H and O–H groups in total. The van der Waals surface area contributed by atoms with Gasteiger partial charge in [-0.1, -0.05) is 20.8 Å². The SMILES string of the molecule is [B]C(=O)CCC1(C)CC(NC([B])=O)CC(C)(C)C1. The number of carbonyl (C=O) groups is 2. The van der Waals surface area contributed by atoms with Crippen molar-refractivity contribution in [3.8, 4) is 0 Å². The maximum atomic E-state index is 11.0. The molecule has 1 saturated carbocycles. The smallest absolute Gasteiger partial charge is 0.200 e. The first-order valence-corrected chi connectivity index (χ1v) is 6.46. The van der Waals surface area contributed by atoms with Gasteiger partial charge in [0.05, 0.1) is 5.68 Å². The Hall–Kier alpha value is -0.730. The molecule has 0 spiro atoms. The molecule has 0 aromatic rings. The van der Waals surface area contributed by atoms with Crippen LogP contribution in [0.15, 0.2) is 0 Å². The van der Waals surface area contributed by atoms with E-state index in [9.17, 15) is 9.59 Å². The molecule has 1 aliphatic rings. The summed E-state index contributed by atoms with van der Waals surface area (Å²) >= 11 is 0. The Morgan fingerprint density at radius 3 is 2.33 bits per heavy atom. The van der Waals surface area contributed by atoms with Crippen LogP contribution in [0.5, 0.6) is 0 Å². The summed E-state index contributed by atoms with van der Waals surface area (Å²) in [5.74, 6) is -0.477. The number of hydrogen-bond acceptors (Lipinski definition) is 2. The van der Waals surface area contributed by atoms with E-state index in [1.165, 1.54) is 0 Å². The first-order chi connectivity index (χ1) is 8.12. The summed E-state index contributed by atoms with van der Waals surface area (Å²) in [5.41, 5.74) is -0.0965. The van der Waals surface area contributed by atoms with Gasteiger partial charge in [0.25, 0.3) is 0 Å². The highest BCUT2D eigenvalue weighted by Crippen LogP contribution is 2.48. The molecule has 5 heteroatoms. The normalized spacial score (nSPS) is 30.7. The maximum Gasteiger partial charge on any atom is 0.200 e. The monoisotopic (exact) mass is 245 g/mol. The predicted octanol–water partition coefficient (Wildman–Crippen LogP) is 1.92. The van der Waals surface area contributed by atoms with Gasteiger partial charge in [-0.3, -0.25) is 4.79 Å². The molecule has 0 aliphatic heterocycles. The van der Waals surface area contributed by atoms with Crippen molar-refractivity contribution in [2.75, 3.05) is 0 Å². The molecule has 96 valence electrons. The van der Waals surface area contributed by atoms with Gasteiger partial charge in [0.15, 0.2) is 13.7 Å². The maximum absolute atomic E-state index is 11.0. The Bertz CT molecular complexity index is 344. The van der Waals surface area contributed by atoms with E-state index in [-0.39, 0.29) is 22.6 Å². The molecule has 2 atom stereocenters. The van der Waals surface area contributed by atoms with Crippen LogP contribution in [0.2, 0.25) is 0 Å². The van der Waals surface area contributed by atoms with Crippen molar-refractivity contribution < 1.29 is 9.59 Å². The van der Waals surface area contributed by atoms with Crippen molar-refractivity contribution in [2.45, 2.75) is 58.9 Å². The molecule has 3 nitrogen and oxygen atoms in total. The molecule has 1 fully saturated rings. The van der Waals surface area contributed by atoms with E-state index in [1.54, 1.807) is 0 Å². The Balaban J connectivity index is 2.72. The number of carbonyl (C=O) groups excluding carboxylic acids is 2. The van der Waals surface area contributed by atoms with Crippen LogP contribution in [0, 0.1) is 10.8 Å². The van der Waals surface area contributed by atoms with E-state index in [0.717, 1.165) is 25.7 Å². The van der Waals surface area contributed by atoms with Gasteiger partial charge in [-0.2, -0.15) is 0 Å². The molecule has 1 amide bonds. The largest absolute Gasteiger partial charge is 0.363 e. The van der Waals surface area contributed by atoms with Crippen molar-refractivity contribution in [1.29, 1.82) is 0 Å². The fraction of sp³-hybridized carbons (Fsp3) is 0.846. The average molecular weight is 245 g/mol. The van der Waals surface area contributed by atoms with Gasteiger partial charge in [-0.15, -0.1) is 0 Å². The fourth-order valence-corrected chi connectivity index (χ4v) is 3.55. The van der Waals surface area contributed by atoms with Crippen LogP contribution in [-0.4, -0.2) is 33.2 Å². The summed E-state index contributed by atoms with van der Waals surface area (Å²) in [4.78, 5) is 21.9. The third kappa shape index (κ3) is 4.87. The summed E-state index contributed by atoms with van der Waals surface area (Å²) in [6.45, 7) is 6.53. The lowest BCUT2D eigenvalue weighted by molar-refractivity contribution is -0.112. The van der Waals surface area contributed by atoms with Crippen LogP contribution in [0.25, 0.3) is 0 Å². The van der Waals surface area contributed by atoms with Crippen LogP contribution >= 0.6 is 0 Å². The lowest BCUT2D eigenvalue weighted by Crippen LogP contribution is -2.46. The molecular weight excluding hydrogens is 224 g/mol. The Morgan fingerprint density at radius 1 is 1.22 bits per heavy atom. The van der Waals surface area contributed by atoms with Gasteiger partial charge in [-0.25, -0.2) is 0 Å². The molecule has 0 saturated heterocycles. The number of rotatable bonds is 4. The topological polar surface area (TPSA) is 46.2 Å². The van der Waals surface area contributed by atoms with Crippen molar-refractivity contribution in [1.82, 2.24) is 5.32 Å². The number of hydrogen-bond donors (Lipinski definition) is 1. The summed E-state index contributed by atoms with van der Waals surface area (Å²) in [5, 5.41) is 2.80. The van der Waals surface area contributed by atoms with Gasteiger partial charge in [0, 0.05) is 6.04 Å². The minimum Gasteiger partial charge on any atom is -0.363 e. The van der Waals surface area contributed by atoms with Gasteiger partial charge < -0.3 is 10.1 Å². The van der Waals surface area contributed by atoms with Crippen molar-refractivity contribution in [3.63, 3.8) is 0 Å². The van der Waals surface area contributed by atoms with E-state index < -0.39 is 5.81 Å². The molecule has 0 heterocycles. The second-order valence-corrected chi connectivity index (χ2v) is 6.73. The summed E-state index contributed by atoms with van der Waals surface area (Å²) in [6.07, 6.45) is 3.97. The third-order valence-electron chi connectivity index (χ3n) is 3.76. The standard InChI is InChI=1S/C13H21B2NO2/c1-12(2)6-9(16-11(15)18)7-13(3,8-12)5-4-10(14)17/h9H,4-8H2,1-3H3,(H,16,18). The van der Waals surface area contributed by atoms with E-state index in [2.05, 4.69) is 26.1 Å². The van der Waals surface area contributed by atoms with E-state index in [4.69, 9.17) is 15.7 Å². The quantitative estimate of drug-likeness (QED) is 0.769. The summed E-state index contributed by atoms with van der Waals surface area (Å²) in [6, 6.07) is 0.0872. The Labute approximate surface area is 112 Å². The Kier molecular flexibility index (Phi) is 4.68. The first kappa shape index (κ1) is 15.3. The molecule has 2 unspecified atom stereocenters. The zero-order valence-corrected chi connectivity index (χ0v) is 11.6. The molecule has 0 aromatic carbocycles. The molecule has 1 aliphatic carbocycles. The molecule has 0 aromatic heterocycles. The van der Waals surface area contributed by atoms with Gasteiger partial charge in [0.1, 0.15) is 0 Å². The molecule has 0 bridgehead atoms. The Morgan fingerprint density at radius 2 is 1.83 bits per heavy atom. The highest BCUT2D eigenvalue weighted by Gasteiger charge is 2.41. The fourth-order valence-electron chi connectivity index (χ4n) is 3.55. The van der Waals surface area contributed by atoms with Gasteiger partial charge in [0.2, 0.25) is 7.85 Å². The lowest BCUT2D eigenvalue weighted by Gasteiger charge is -2.47. The third-order valence-corrected chi connectivity index (χ3v) is 3.76. The highest BCUT2D eigenvalue weighted by atomic mass is 16.1. The summed E-state index contributed by atoms with van der Waals surface area (Å²) in [7, 11) is 10.4. The highest BCUT2D eigenvalue weighted by molar-refractivity contribution is 6.57. The number of amides is 1. The van der Waals surface area contributed by atoms with Crippen LogP contribution < -0.4 is 5.32 Å². The lowest BCUT2D eigenvalue weighted by atomic mass is 9.60. The van der Waals surface area contributed by atoms with E-state index in [1.807, 2.05) is 0 Å². The molecule has 1 rings (SSSR count). The average Bonchev–Trinajstić information content (AvgIpc) is 2.10. The van der Waals surface area contributed by atoms with Gasteiger partial charge in [-0.05, 0) is 42.9 Å². The van der Waals surface area contributed by atoms with Crippen molar-refractivity contribution in [2.24, 2.45) is 10.8 Å². The van der Waals surface area contributed by atoms with Gasteiger partial charge >= 0.3 is 0 Å². The van der Waals surface area contributed by atoms with Crippen LogP contribution in [0.4, 0.5) is 4.79 Å². The molecular formula is C13H21B2NO2. The van der Waals surface area contributed by atoms with E-state index in [0.29, 0.717) is 6.42 Å². The molecule has 18 heavy (non-hydrogen) atoms. The zero-order valence-electron chi connectivity index (χ0n) is 11.6. The molecule has 4 radical (unpaired) electrons. The zero-order chi connectivity index (χ0) is 14.0. The minimum atomic E-state index is -0.477. The van der Waals surface area contributed by atoms with Crippen LogP contribution in [0.1, 0.15) is 52.9 Å². The first-order valence-electron chi connectivity index (χ1n) is 6.46. The van der Waals surface area contributed by atoms with E-state index >= 15 is 0 Å². The van der Waals surface area contributed by atoms with Crippen LogP contribution in [-0.2, 0) is 4.79 Å². The number of nitrogens with one attached hydrogen (secondary N) is 1. The predicted molar refractivity (Wildman–Crippen MR) is 73.8 cm³/mol. The summed E-state index contributed by atoms with van der Waals surface area (Å²) < 4.78 is 0.